The zero-order valence-corrected chi connectivity index (χ0v) is 25.0. The number of piperidine rings is 1. The molecular weight excluding hydrogens is 534 g/mol. The number of hydroxylamine groups is 2. The first kappa shape index (κ1) is 29.3. The van der Waals surface area contributed by atoms with Crippen molar-refractivity contribution in [2.75, 3.05) is 45.7 Å². The highest BCUT2D eigenvalue weighted by atomic mass is 16.7. The average Bonchev–Trinajstić information content (AvgIpc) is 3.00. The van der Waals surface area contributed by atoms with Gasteiger partial charge in [-0.2, -0.15) is 0 Å². The number of carbonyl (C=O) groups excluding carboxylic acids is 2. The molecule has 0 saturated carbocycles. The quantitative estimate of drug-likeness (QED) is 0.403. The molecule has 0 bridgehead atoms. The van der Waals surface area contributed by atoms with Gasteiger partial charge in [0.15, 0.2) is 11.5 Å². The van der Waals surface area contributed by atoms with E-state index in [0.29, 0.717) is 37.7 Å². The molecule has 42 heavy (non-hydrogen) atoms. The number of ether oxygens (including phenoxy) is 2. The topological polar surface area (TPSA) is 106 Å². The highest BCUT2D eigenvalue weighted by Crippen LogP contribution is 2.37. The molecule has 1 saturated heterocycles. The zero-order valence-electron chi connectivity index (χ0n) is 25.0. The summed E-state index contributed by atoms with van der Waals surface area (Å²) in [6.45, 7) is 8.02. The van der Waals surface area contributed by atoms with Gasteiger partial charge in [0.2, 0.25) is 0 Å². The third kappa shape index (κ3) is 6.49. The van der Waals surface area contributed by atoms with Crippen LogP contribution < -0.4 is 14.8 Å². The predicted molar refractivity (Wildman–Crippen MR) is 161 cm³/mol. The molecule has 0 unspecified atom stereocenters. The van der Waals surface area contributed by atoms with Gasteiger partial charge in [-0.05, 0) is 69.4 Å². The van der Waals surface area contributed by atoms with Crippen molar-refractivity contribution in [3.05, 3.63) is 60.1 Å². The van der Waals surface area contributed by atoms with Gasteiger partial charge in [0.1, 0.15) is 6.33 Å². The summed E-state index contributed by atoms with van der Waals surface area (Å²) in [5.41, 5.74) is 4.31. The Morgan fingerprint density at radius 1 is 0.952 bits per heavy atom. The Morgan fingerprint density at radius 2 is 1.64 bits per heavy atom. The average molecular weight is 574 g/mol. The van der Waals surface area contributed by atoms with Gasteiger partial charge in [0, 0.05) is 42.7 Å². The number of amides is 2. The number of likely N-dealkylation sites (tertiary alicyclic amines) is 1. The number of methoxy groups -OCH3 is 2. The van der Waals surface area contributed by atoms with Crippen molar-refractivity contribution in [1.29, 1.82) is 0 Å². The summed E-state index contributed by atoms with van der Waals surface area (Å²) in [7, 11) is 3.23. The van der Waals surface area contributed by atoms with Gasteiger partial charge in [0.25, 0.3) is 0 Å². The van der Waals surface area contributed by atoms with E-state index in [1.807, 2.05) is 62.1 Å². The molecule has 3 aromatic rings. The van der Waals surface area contributed by atoms with Crippen LogP contribution >= 0.6 is 0 Å². The number of fused-ring (bicyclic) bond motifs is 1. The first-order valence-corrected chi connectivity index (χ1v) is 14.4. The Labute approximate surface area is 246 Å². The maximum atomic E-state index is 13.1. The fraction of sp³-hybridized carbons (Fsp3) is 0.438. The summed E-state index contributed by atoms with van der Waals surface area (Å²) >= 11 is 0. The molecule has 3 heterocycles. The molecule has 1 aromatic heterocycles. The first-order chi connectivity index (χ1) is 20.2. The fourth-order valence-electron chi connectivity index (χ4n) is 5.30. The van der Waals surface area contributed by atoms with Crippen LogP contribution in [-0.2, 0) is 9.63 Å². The lowest BCUT2D eigenvalue weighted by molar-refractivity contribution is -0.198. The second kappa shape index (κ2) is 12.4. The van der Waals surface area contributed by atoms with Crippen molar-refractivity contribution in [1.82, 2.24) is 19.9 Å². The van der Waals surface area contributed by atoms with Gasteiger partial charge in [-0.1, -0.05) is 18.2 Å². The van der Waals surface area contributed by atoms with Crippen LogP contribution in [0.5, 0.6) is 11.5 Å². The van der Waals surface area contributed by atoms with Crippen LogP contribution in [-0.4, -0.2) is 72.3 Å². The Balaban J connectivity index is 1.15. The van der Waals surface area contributed by atoms with Crippen molar-refractivity contribution in [2.24, 2.45) is 5.41 Å². The molecule has 10 nitrogen and oxygen atoms in total. The summed E-state index contributed by atoms with van der Waals surface area (Å²) in [6, 6.07) is 11.6. The molecule has 0 radical (unpaired) electrons. The number of nitrogens with zero attached hydrogens (tertiary/aromatic N) is 4. The third-order valence-corrected chi connectivity index (χ3v) is 7.84. The van der Waals surface area contributed by atoms with Crippen molar-refractivity contribution in [3.8, 4) is 11.5 Å². The summed E-state index contributed by atoms with van der Waals surface area (Å²) in [5, 5.41) is 5.70. The van der Waals surface area contributed by atoms with Crippen LogP contribution in [0.25, 0.3) is 16.5 Å². The molecule has 2 aromatic carbocycles. The molecule has 0 aliphatic carbocycles. The first-order valence-electron chi connectivity index (χ1n) is 14.4. The van der Waals surface area contributed by atoms with E-state index >= 15 is 0 Å². The van der Waals surface area contributed by atoms with Gasteiger partial charge in [-0.3, -0.25) is 0 Å². The van der Waals surface area contributed by atoms with E-state index in [1.165, 1.54) is 5.57 Å². The standard InChI is InChI=1S/C32H39N5O5/c1-32(2,3)30(38)42-37-16-12-22(13-17-37)21-6-8-24(9-7-21)35-31(39)36-14-10-23(11-15-36)29-25-18-27(40-4)28(41-5)19-26(25)33-20-34-29/h6-9,12,18-20,23H,10-11,13-17H2,1-5H3,(H,35,39). The monoisotopic (exact) mass is 573 g/mol. The van der Waals surface area contributed by atoms with Gasteiger partial charge >= 0.3 is 12.0 Å². The zero-order chi connectivity index (χ0) is 29.9. The van der Waals surface area contributed by atoms with Crippen LogP contribution in [0.1, 0.15) is 57.2 Å². The van der Waals surface area contributed by atoms with Crippen LogP contribution in [0, 0.1) is 5.41 Å². The maximum absolute atomic E-state index is 13.1. The van der Waals surface area contributed by atoms with Crippen molar-refractivity contribution < 1.29 is 23.9 Å². The highest BCUT2D eigenvalue weighted by Gasteiger charge is 2.28. The van der Waals surface area contributed by atoms with Gasteiger partial charge < -0.3 is 24.5 Å². The smallest absolute Gasteiger partial charge is 0.330 e. The molecule has 0 spiro atoms. The summed E-state index contributed by atoms with van der Waals surface area (Å²) < 4.78 is 10.9. The van der Waals surface area contributed by atoms with E-state index in [9.17, 15) is 9.59 Å². The molecule has 2 aliphatic rings. The summed E-state index contributed by atoms with van der Waals surface area (Å²) in [5.74, 6) is 1.27. The number of rotatable bonds is 6. The fourth-order valence-corrected chi connectivity index (χ4v) is 5.30. The number of carbonyl (C=O) groups is 2. The molecule has 2 amide bonds. The Kier molecular flexibility index (Phi) is 8.63. The number of hydrogen-bond donors (Lipinski definition) is 1. The minimum absolute atomic E-state index is 0.103. The summed E-state index contributed by atoms with van der Waals surface area (Å²) in [4.78, 5) is 41.6. The second-order valence-electron chi connectivity index (χ2n) is 11.7. The SMILES string of the molecule is COc1cc2ncnc(C3CCN(C(=O)Nc4ccc(C5=CCN(OC(=O)C(C)(C)C)CC5)cc4)CC3)c2cc1OC. The number of hydrogen-bond acceptors (Lipinski definition) is 8. The van der Waals surface area contributed by atoms with Crippen LogP contribution in [0.2, 0.25) is 0 Å². The Morgan fingerprint density at radius 3 is 2.26 bits per heavy atom. The predicted octanol–water partition coefficient (Wildman–Crippen LogP) is 5.65. The molecule has 1 N–H and O–H groups in total. The molecular formula is C32H39N5O5. The Bertz CT molecular complexity index is 1470. The van der Waals surface area contributed by atoms with E-state index in [4.69, 9.17) is 14.3 Å². The minimum Gasteiger partial charge on any atom is -0.493 e. The van der Waals surface area contributed by atoms with E-state index in [1.54, 1.807) is 25.6 Å². The Hall–Kier alpha value is -4.18. The second-order valence-corrected chi connectivity index (χ2v) is 11.7. The number of aromatic nitrogens is 2. The van der Waals surface area contributed by atoms with Crippen LogP contribution in [0.3, 0.4) is 0 Å². The largest absolute Gasteiger partial charge is 0.493 e. The van der Waals surface area contributed by atoms with E-state index in [2.05, 4.69) is 21.4 Å². The number of benzene rings is 2. The van der Waals surface area contributed by atoms with Crippen molar-refractivity contribution >= 4 is 34.2 Å². The lowest BCUT2D eigenvalue weighted by atomic mass is 9.91. The van der Waals surface area contributed by atoms with E-state index < -0.39 is 5.41 Å². The molecule has 1 fully saturated rings. The van der Waals surface area contributed by atoms with Gasteiger partial charge in [-0.15, -0.1) is 5.06 Å². The minimum atomic E-state index is -0.532. The highest BCUT2D eigenvalue weighted by molar-refractivity contribution is 5.90. The molecule has 10 heteroatoms. The van der Waals surface area contributed by atoms with Gasteiger partial charge in [-0.25, -0.2) is 19.6 Å². The van der Waals surface area contributed by atoms with Crippen molar-refractivity contribution in [3.63, 3.8) is 0 Å². The number of nitrogens with one attached hydrogen (secondary N) is 1. The molecule has 5 rings (SSSR count). The van der Waals surface area contributed by atoms with E-state index in [0.717, 1.165) is 47.1 Å². The number of anilines is 1. The summed E-state index contributed by atoms with van der Waals surface area (Å²) in [6.07, 6.45) is 6.07. The number of urea groups is 1. The van der Waals surface area contributed by atoms with Gasteiger partial charge in [0.05, 0.1) is 37.4 Å². The molecule has 0 atom stereocenters. The third-order valence-electron chi connectivity index (χ3n) is 7.84. The van der Waals surface area contributed by atoms with E-state index in [-0.39, 0.29) is 17.9 Å². The maximum Gasteiger partial charge on any atom is 0.330 e. The lowest BCUT2D eigenvalue weighted by Crippen LogP contribution is -2.40. The van der Waals surface area contributed by atoms with Crippen LogP contribution in [0.4, 0.5) is 10.5 Å². The lowest BCUT2D eigenvalue weighted by Gasteiger charge is -2.32. The van der Waals surface area contributed by atoms with Crippen molar-refractivity contribution in [2.45, 2.75) is 46.0 Å². The normalized spacial score (nSPS) is 16.6. The van der Waals surface area contributed by atoms with Crippen LogP contribution in [0.15, 0.2) is 48.8 Å². The molecule has 2 aliphatic heterocycles. The molecule has 222 valence electrons.